The highest BCUT2D eigenvalue weighted by atomic mass is 16.2. The zero-order chi connectivity index (χ0) is 15.1. The van der Waals surface area contributed by atoms with E-state index in [4.69, 9.17) is 0 Å². The van der Waals surface area contributed by atoms with Crippen LogP contribution in [0.3, 0.4) is 0 Å². The second kappa shape index (κ2) is 7.81. The Bertz CT molecular complexity index is 465. The minimum Gasteiger partial charge on any atom is -0.356 e. The molecule has 4 heteroatoms. The molecule has 2 amide bonds. The van der Waals surface area contributed by atoms with Gasteiger partial charge in [0.15, 0.2) is 0 Å². The summed E-state index contributed by atoms with van der Waals surface area (Å²) in [5.74, 6) is 0.275. The molecular formula is C17H24N2O2. The van der Waals surface area contributed by atoms with Crippen molar-refractivity contribution in [1.82, 2.24) is 10.2 Å². The van der Waals surface area contributed by atoms with Gasteiger partial charge in [-0.3, -0.25) is 9.59 Å². The monoisotopic (exact) mass is 288 g/mol. The molecular weight excluding hydrogens is 264 g/mol. The van der Waals surface area contributed by atoms with Crippen molar-refractivity contribution in [3.8, 4) is 0 Å². The molecule has 21 heavy (non-hydrogen) atoms. The second-order valence-corrected chi connectivity index (χ2v) is 5.58. The third-order valence-electron chi connectivity index (χ3n) is 4.00. The lowest BCUT2D eigenvalue weighted by Crippen LogP contribution is -2.43. The first-order chi connectivity index (χ1) is 10.2. The normalized spacial score (nSPS) is 15.8. The van der Waals surface area contributed by atoms with E-state index in [0.29, 0.717) is 13.1 Å². The van der Waals surface area contributed by atoms with E-state index in [9.17, 15) is 9.59 Å². The van der Waals surface area contributed by atoms with Crippen LogP contribution in [0.25, 0.3) is 0 Å². The number of piperidine rings is 1. The maximum Gasteiger partial charge on any atom is 0.253 e. The average Bonchev–Trinajstić information content (AvgIpc) is 2.55. The van der Waals surface area contributed by atoms with Gasteiger partial charge in [0.05, 0.1) is 0 Å². The van der Waals surface area contributed by atoms with Gasteiger partial charge in [-0.2, -0.15) is 0 Å². The minimum absolute atomic E-state index is 0.0571. The summed E-state index contributed by atoms with van der Waals surface area (Å²) in [4.78, 5) is 26.2. The Kier molecular flexibility index (Phi) is 5.78. The third-order valence-corrected chi connectivity index (χ3v) is 4.00. The van der Waals surface area contributed by atoms with Gasteiger partial charge in [0.25, 0.3) is 5.91 Å². The molecule has 1 heterocycles. The summed E-state index contributed by atoms with van der Waals surface area (Å²) >= 11 is 0. The lowest BCUT2D eigenvalue weighted by atomic mass is 9.95. The molecule has 1 aromatic rings. The van der Waals surface area contributed by atoms with Crippen molar-refractivity contribution < 1.29 is 9.59 Å². The molecule has 0 unspecified atom stereocenters. The fourth-order valence-corrected chi connectivity index (χ4v) is 2.64. The Balaban J connectivity index is 1.80. The number of benzene rings is 1. The Morgan fingerprint density at radius 2 is 1.86 bits per heavy atom. The molecule has 0 saturated carbocycles. The molecule has 0 aliphatic carbocycles. The zero-order valence-corrected chi connectivity index (χ0v) is 12.7. The minimum atomic E-state index is 0.0571. The number of hydrogen-bond acceptors (Lipinski definition) is 2. The fourth-order valence-electron chi connectivity index (χ4n) is 2.64. The first-order valence-corrected chi connectivity index (χ1v) is 7.84. The maximum absolute atomic E-state index is 12.3. The second-order valence-electron chi connectivity index (χ2n) is 5.58. The van der Waals surface area contributed by atoms with Gasteiger partial charge in [-0.15, -0.1) is 0 Å². The Labute approximate surface area is 126 Å². The molecule has 0 spiro atoms. The number of nitrogens with one attached hydrogen (secondary N) is 1. The van der Waals surface area contributed by atoms with Crippen molar-refractivity contribution >= 4 is 11.8 Å². The number of amides is 2. The number of carbonyl (C=O) groups excluding carboxylic acids is 2. The first-order valence-electron chi connectivity index (χ1n) is 7.84. The predicted molar refractivity (Wildman–Crippen MR) is 83.0 cm³/mol. The van der Waals surface area contributed by atoms with Gasteiger partial charge in [0.1, 0.15) is 0 Å². The summed E-state index contributed by atoms with van der Waals surface area (Å²) in [6, 6.07) is 9.34. The van der Waals surface area contributed by atoms with Gasteiger partial charge in [0.2, 0.25) is 5.91 Å². The predicted octanol–water partition coefficient (Wildman–Crippen LogP) is 2.46. The molecule has 1 N–H and O–H groups in total. The molecule has 0 bridgehead atoms. The standard InChI is InChI=1S/C17H24N2O2/c1-2-3-11-18-16(20)14-9-12-19(13-10-14)17(21)15-7-5-4-6-8-15/h4-8,14H,2-3,9-13H2,1H3,(H,18,20). The molecule has 114 valence electrons. The number of unbranched alkanes of at least 4 members (excludes halogenated alkanes) is 1. The topological polar surface area (TPSA) is 49.4 Å². The van der Waals surface area contributed by atoms with Gasteiger partial charge in [0, 0.05) is 31.1 Å². The quantitative estimate of drug-likeness (QED) is 0.846. The van der Waals surface area contributed by atoms with Crippen LogP contribution in [0, 0.1) is 5.92 Å². The van der Waals surface area contributed by atoms with Crippen LogP contribution in [0.4, 0.5) is 0 Å². The van der Waals surface area contributed by atoms with Crippen LogP contribution in [-0.4, -0.2) is 36.3 Å². The Hall–Kier alpha value is -1.84. The molecule has 0 radical (unpaired) electrons. The van der Waals surface area contributed by atoms with Gasteiger partial charge >= 0.3 is 0 Å². The molecule has 1 aliphatic heterocycles. The van der Waals surface area contributed by atoms with Crippen LogP contribution in [0.15, 0.2) is 30.3 Å². The fraction of sp³-hybridized carbons (Fsp3) is 0.529. The van der Waals surface area contributed by atoms with Crippen molar-refractivity contribution in [3.05, 3.63) is 35.9 Å². The van der Waals surface area contributed by atoms with Crippen LogP contribution >= 0.6 is 0 Å². The van der Waals surface area contributed by atoms with E-state index in [2.05, 4.69) is 12.2 Å². The first kappa shape index (κ1) is 15.5. The molecule has 2 rings (SSSR count). The summed E-state index contributed by atoms with van der Waals surface area (Å²) in [6.45, 7) is 4.21. The lowest BCUT2D eigenvalue weighted by molar-refractivity contribution is -0.126. The molecule has 1 fully saturated rings. The van der Waals surface area contributed by atoms with Crippen LogP contribution in [0.2, 0.25) is 0 Å². The van der Waals surface area contributed by atoms with Gasteiger partial charge < -0.3 is 10.2 Å². The zero-order valence-electron chi connectivity index (χ0n) is 12.7. The Morgan fingerprint density at radius 3 is 2.48 bits per heavy atom. The molecule has 1 saturated heterocycles. The van der Waals surface area contributed by atoms with Gasteiger partial charge in [-0.25, -0.2) is 0 Å². The van der Waals surface area contributed by atoms with Crippen molar-refractivity contribution in [2.24, 2.45) is 5.92 Å². The molecule has 1 aliphatic rings. The van der Waals surface area contributed by atoms with E-state index in [1.54, 1.807) is 0 Å². The molecule has 0 aromatic heterocycles. The van der Waals surface area contributed by atoms with Crippen molar-refractivity contribution in [3.63, 3.8) is 0 Å². The van der Waals surface area contributed by atoms with Crippen molar-refractivity contribution in [2.75, 3.05) is 19.6 Å². The van der Waals surface area contributed by atoms with E-state index in [1.807, 2.05) is 35.2 Å². The van der Waals surface area contributed by atoms with Crippen molar-refractivity contribution in [1.29, 1.82) is 0 Å². The summed E-state index contributed by atoms with van der Waals surface area (Å²) in [6.07, 6.45) is 3.63. The highest BCUT2D eigenvalue weighted by Crippen LogP contribution is 2.19. The smallest absolute Gasteiger partial charge is 0.253 e. The highest BCUT2D eigenvalue weighted by molar-refractivity contribution is 5.94. The number of hydrogen-bond donors (Lipinski definition) is 1. The summed E-state index contributed by atoms with van der Waals surface area (Å²) in [5, 5.41) is 2.99. The third kappa shape index (κ3) is 4.31. The number of likely N-dealkylation sites (tertiary alicyclic amines) is 1. The number of carbonyl (C=O) groups is 2. The average molecular weight is 288 g/mol. The summed E-state index contributed by atoms with van der Waals surface area (Å²) in [5.41, 5.74) is 0.725. The van der Waals surface area contributed by atoms with Crippen LogP contribution < -0.4 is 5.32 Å². The largest absolute Gasteiger partial charge is 0.356 e. The van der Waals surface area contributed by atoms with E-state index in [-0.39, 0.29) is 17.7 Å². The van der Waals surface area contributed by atoms with Crippen LogP contribution in [-0.2, 0) is 4.79 Å². The van der Waals surface area contributed by atoms with Crippen LogP contribution in [0.5, 0.6) is 0 Å². The van der Waals surface area contributed by atoms with Crippen molar-refractivity contribution in [2.45, 2.75) is 32.6 Å². The van der Waals surface area contributed by atoms with E-state index < -0.39 is 0 Å². The van der Waals surface area contributed by atoms with E-state index >= 15 is 0 Å². The summed E-state index contributed by atoms with van der Waals surface area (Å²) < 4.78 is 0. The Morgan fingerprint density at radius 1 is 1.19 bits per heavy atom. The SMILES string of the molecule is CCCCNC(=O)C1CCN(C(=O)c2ccccc2)CC1. The number of rotatable bonds is 5. The molecule has 0 atom stereocenters. The maximum atomic E-state index is 12.3. The highest BCUT2D eigenvalue weighted by Gasteiger charge is 2.27. The van der Waals surface area contributed by atoms with E-state index in [1.165, 1.54) is 0 Å². The molecule has 1 aromatic carbocycles. The number of nitrogens with zero attached hydrogens (tertiary/aromatic N) is 1. The van der Waals surface area contributed by atoms with Gasteiger partial charge in [-0.1, -0.05) is 31.5 Å². The molecule has 4 nitrogen and oxygen atoms in total. The van der Waals surface area contributed by atoms with E-state index in [0.717, 1.165) is 37.8 Å². The van der Waals surface area contributed by atoms with Crippen LogP contribution in [0.1, 0.15) is 43.0 Å². The van der Waals surface area contributed by atoms with Gasteiger partial charge in [-0.05, 0) is 31.4 Å². The lowest BCUT2D eigenvalue weighted by Gasteiger charge is -2.31. The summed E-state index contributed by atoms with van der Waals surface area (Å²) in [7, 11) is 0.